The van der Waals surface area contributed by atoms with E-state index in [1.807, 2.05) is 0 Å². The molecule has 2 heterocycles. The summed E-state index contributed by atoms with van der Waals surface area (Å²) >= 11 is 0. The third kappa shape index (κ3) is 5.00. The van der Waals surface area contributed by atoms with Crippen LogP contribution < -0.4 is 10.6 Å². The summed E-state index contributed by atoms with van der Waals surface area (Å²) in [4.78, 5) is 12.2. The largest absolute Gasteiger partial charge is 0.365 e. The van der Waals surface area contributed by atoms with Crippen molar-refractivity contribution < 1.29 is 13.6 Å². The second-order valence-electron chi connectivity index (χ2n) is 7.10. The van der Waals surface area contributed by atoms with Crippen LogP contribution in [0.4, 0.5) is 20.3 Å². The number of amides is 1. The Hall–Kier alpha value is -3.88. The average Bonchev–Trinajstić information content (AvgIpc) is 3.17. The van der Waals surface area contributed by atoms with Gasteiger partial charge in [0.1, 0.15) is 17.5 Å². The zero-order chi connectivity index (χ0) is 21.8. The second kappa shape index (κ2) is 8.86. The molecule has 0 radical (unpaired) electrons. The minimum absolute atomic E-state index is 0.144. The van der Waals surface area contributed by atoms with Crippen LogP contribution in [-0.2, 0) is 17.8 Å². The molecule has 2 aromatic carbocycles. The van der Waals surface area contributed by atoms with E-state index in [0.717, 1.165) is 5.56 Å². The van der Waals surface area contributed by atoms with Gasteiger partial charge in [-0.15, -0.1) is 15.3 Å². The van der Waals surface area contributed by atoms with Gasteiger partial charge in [0.25, 0.3) is 0 Å². The van der Waals surface area contributed by atoms with Gasteiger partial charge in [0.15, 0.2) is 11.5 Å². The Morgan fingerprint density at radius 3 is 2.61 bits per heavy atom. The number of fused-ring (bicyclic) bond motifs is 1. The minimum Gasteiger partial charge on any atom is -0.365 e. The van der Waals surface area contributed by atoms with Crippen LogP contribution in [0, 0.1) is 18.6 Å². The molecule has 4 rings (SSSR count). The predicted molar refractivity (Wildman–Crippen MR) is 113 cm³/mol. The number of nitrogens with one attached hydrogen (secondary N) is 2. The molecular formula is C22H20F2N6O. The van der Waals surface area contributed by atoms with Crippen molar-refractivity contribution in [1.29, 1.82) is 0 Å². The monoisotopic (exact) mass is 422 g/mol. The number of benzene rings is 2. The lowest BCUT2D eigenvalue weighted by atomic mass is 10.2. The maximum atomic E-state index is 13.6. The average molecular weight is 422 g/mol. The fourth-order valence-electron chi connectivity index (χ4n) is 3.00. The molecule has 0 spiro atoms. The maximum absolute atomic E-state index is 13.6. The molecule has 0 fully saturated rings. The Morgan fingerprint density at radius 1 is 1.03 bits per heavy atom. The van der Waals surface area contributed by atoms with Crippen LogP contribution in [0.2, 0.25) is 0 Å². The van der Waals surface area contributed by atoms with Gasteiger partial charge in [0.2, 0.25) is 5.91 Å². The smallest absolute Gasteiger partial charge is 0.224 e. The van der Waals surface area contributed by atoms with Crippen molar-refractivity contribution in [1.82, 2.24) is 19.8 Å². The number of halogens is 2. The normalized spacial score (nSPS) is 10.9. The number of anilines is 2. The predicted octanol–water partition coefficient (Wildman–Crippen LogP) is 3.89. The fraction of sp³-hybridized carbons (Fsp3) is 0.182. The summed E-state index contributed by atoms with van der Waals surface area (Å²) in [6.45, 7) is 2.14. The van der Waals surface area contributed by atoms with Crippen LogP contribution in [0.1, 0.15) is 23.4 Å². The molecule has 2 aromatic heterocycles. The fourth-order valence-corrected chi connectivity index (χ4v) is 3.00. The Morgan fingerprint density at radius 2 is 1.84 bits per heavy atom. The van der Waals surface area contributed by atoms with Crippen molar-refractivity contribution in [3.8, 4) is 0 Å². The van der Waals surface area contributed by atoms with E-state index in [-0.39, 0.29) is 24.0 Å². The van der Waals surface area contributed by atoms with Crippen LogP contribution in [0.25, 0.3) is 5.65 Å². The summed E-state index contributed by atoms with van der Waals surface area (Å²) in [6, 6.07) is 14.3. The van der Waals surface area contributed by atoms with Gasteiger partial charge in [-0.25, -0.2) is 8.78 Å². The van der Waals surface area contributed by atoms with Crippen molar-refractivity contribution in [2.75, 3.05) is 10.6 Å². The molecule has 1 amide bonds. The van der Waals surface area contributed by atoms with Crippen LogP contribution in [0.15, 0.2) is 54.6 Å². The van der Waals surface area contributed by atoms with E-state index in [0.29, 0.717) is 41.5 Å². The highest BCUT2D eigenvalue weighted by molar-refractivity contribution is 5.90. The number of carbonyl (C=O) groups is 1. The molecule has 31 heavy (non-hydrogen) atoms. The number of hydrogen-bond acceptors (Lipinski definition) is 5. The topological polar surface area (TPSA) is 84.2 Å². The van der Waals surface area contributed by atoms with Crippen molar-refractivity contribution in [2.45, 2.75) is 26.3 Å². The van der Waals surface area contributed by atoms with E-state index < -0.39 is 0 Å². The van der Waals surface area contributed by atoms with Crippen LogP contribution in [0.5, 0.6) is 0 Å². The molecule has 9 heteroatoms. The van der Waals surface area contributed by atoms with Crippen molar-refractivity contribution in [3.05, 3.63) is 83.2 Å². The number of hydrogen-bond donors (Lipinski definition) is 2. The maximum Gasteiger partial charge on any atom is 0.224 e. The molecule has 7 nitrogen and oxygen atoms in total. The Kier molecular flexibility index (Phi) is 5.83. The first-order chi connectivity index (χ1) is 15.0. The third-order valence-electron chi connectivity index (χ3n) is 4.75. The molecule has 0 aliphatic heterocycles. The van der Waals surface area contributed by atoms with Crippen molar-refractivity contribution >= 4 is 23.1 Å². The summed E-state index contributed by atoms with van der Waals surface area (Å²) in [5.41, 5.74) is 2.40. The molecule has 2 N–H and O–H groups in total. The van der Waals surface area contributed by atoms with Gasteiger partial charge < -0.3 is 10.6 Å². The Labute approximate surface area is 177 Å². The third-order valence-corrected chi connectivity index (χ3v) is 4.75. The van der Waals surface area contributed by atoms with E-state index >= 15 is 0 Å². The highest BCUT2D eigenvalue weighted by Gasteiger charge is 2.11. The Bertz CT molecular complexity index is 1220. The minimum atomic E-state index is -0.369. The number of rotatable bonds is 7. The summed E-state index contributed by atoms with van der Waals surface area (Å²) in [5, 5.41) is 18.5. The van der Waals surface area contributed by atoms with E-state index in [9.17, 15) is 13.6 Å². The number of carbonyl (C=O) groups excluding carboxylic acids is 1. The molecule has 0 saturated carbocycles. The molecular weight excluding hydrogens is 402 g/mol. The lowest BCUT2D eigenvalue weighted by molar-refractivity contribution is -0.116. The highest BCUT2D eigenvalue weighted by Crippen LogP contribution is 2.15. The summed E-state index contributed by atoms with van der Waals surface area (Å²) in [6.07, 6.45) is 0.459. The number of aromatic nitrogens is 4. The van der Waals surface area contributed by atoms with E-state index in [4.69, 9.17) is 0 Å². The van der Waals surface area contributed by atoms with Gasteiger partial charge in [-0.1, -0.05) is 18.2 Å². The molecule has 0 unspecified atom stereocenters. The zero-order valence-corrected chi connectivity index (χ0v) is 16.8. The number of nitrogens with zero attached hydrogens (tertiary/aromatic N) is 4. The van der Waals surface area contributed by atoms with Crippen LogP contribution >= 0.6 is 0 Å². The highest BCUT2D eigenvalue weighted by atomic mass is 19.1. The lowest BCUT2D eigenvalue weighted by Gasteiger charge is -2.07. The molecule has 0 bridgehead atoms. The first kappa shape index (κ1) is 20.4. The van der Waals surface area contributed by atoms with Crippen molar-refractivity contribution in [2.24, 2.45) is 0 Å². The summed E-state index contributed by atoms with van der Waals surface area (Å²) < 4.78 is 28.2. The van der Waals surface area contributed by atoms with Crippen molar-refractivity contribution in [3.63, 3.8) is 0 Å². The standard InChI is InChI=1S/C22H20F2N6O/c1-14-2-7-17(12-18(14)24)26-22(31)11-10-21-28-27-20-9-8-19(29-30(20)21)25-13-15-3-5-16(23)6-4-15/h2-9,12H,10-11,13H2,1H3,(H,25,29)(H,26,31). The van der Waals surface area contributed by atoms with Gasteiger partial charge in [-0.3, -0.25) is 4.79 Å². The molecule has 4 aromatic rings. The van der Waals surface area contributed by atoms with Crippen LogP contribution in [-0.4, -0.2) is 25.7 Å². The summed E-state index contributed by atoms with van der Waals surface area (Å²) in [5.74, 6) is 0.216. The quantitative estimate of drug-likeness (QED) is 0.472. The summed E-state index contributed by atoms with van der Waals surface area (Å²) in [7, 11) is 0. The first-order valence-electron chi connectivity index (χ1n) is 9.73. The second-order valence-corrected chi connectivity index (χ2v) is 7.10. The lowest BCUT2D eigenvalue weighted by Crippen LogP contribution is -2.14. The first-order valence-corrected chi connectivity index (χ1v) is 9.73. The number of aryl methyl sites for hydroxylation is 2. The Balaban J connectivity index is 1.39. The molecule has 0 saturated heterocycles. The molecule has 0 aliphatic rings. The van der Waals surface area contributed by atoms with E-state index in [1.165, 1.54) is 18.2 Å². The van der Waals surface area contributed by atoms with E-state index in [1.54, 1.807) is 47.8 Å². The molecule has 0 aliphatic carbocycles. The van der Waals surface area contributed by atoms with Gasteiger partial charge in [-0.05, 0) is 54.4 Å². The SMILES string of the molecule is Cc1ccc(NC(=O)CCc2nnc3ccc(NCc4ccc(F)cc4)nn23)cc1F. The van der Waals surface area contributed by atoms with Gasteiger partial charge in [-0.2, -0.15) is 4.52 Å². The van der Waals surface area contributed by atoms with E-state index in [2.05, 4.69) is 25.9 Å². The van der Waals surface area contributed by atoms with Gasteiger partial charge in [0, 0.05) is 25.1 Å². The molecule has 0 atom stereocenters. The van der Waals surface area contributed by atoms with Crippen LogP contribution in [0.3, 0.4) is 0 Å². The van der Waals surface area contributed by atoms with Gasteiger partial charge in [0.05, 0.1) is 0 Å². The molecule has 158 valence electrons. The van der Waals surface area contributed by atoms with Gasteiger partial charge >= 0.3 is 0 Å². The zero-order valence-electron chi connectivity index (χ0n) is 16.8.